The molecule has 0 unspecified atom stereocenters. The molecule has 0 aliphatic rings. The van der Waals surface area contributed by atoms with E-state index in [1.807, 2.05) is 77.4 Å². The van der Waals surface area contributed by atoms with Crippen LogP contribution >= 0.6 is 0 Å². The molecule has 1 aromatic heterocycles. The molecule has 174 valence electrons. The molecule has 0 saturated carbocycles. The van der Waals surface area contributed by atoms with Crippen LogP contribution in [0.4, 0.5) is 0 Å². The van der Waals surface area contributed by atoms with Gasteiger partial charge in [0.05, 0.1) is 37.0 Å². The zero-order valence-corrected chi connectivity index (χ0v) is 19.4. The number of ether oxygens (including phenoxy) is 1. The molecule has 0 radical (unpaired) electrons. The van der Waals surface area contributed by atoms with Crippen molar-refractivity contribution in [3.63, 3.8) is 0 Å². The highest BCUT2D eigenvalue weighted by molar-refractivity contribution is 5.78. The third-order valence-corrected chi connectivity index (χ3v) is 6.00. The summed E-state index contributed by atoms with van der Waals surface area (Å²) in [4.78, 5) is 4.72. The highest BCUT2D eigenvalue weighted by Gasteiger charge is 2.20. The van der Waals surface area contributed by atoms with Gasteiger partial charge < -0.3 is 14.4 Å². The molecule has 0 fully saturated rings. The van der Waals surface area contributed by atoms with Crippen molar-refractivity contribution in [1.82, 2.24) is 9.55 Å². The molecule has 0 saturated heterocycles. The van der Waals surface area contributed by atoms with Crippen molar-refractivity contribution in [2.75, 3.05) is 6.61 Å². The second kappa shape index (κ2) is 11.0. The fourth-order valence-corrected chi connectivity index (χ4v) is 4.35. The first-order valence-electron chi connectivity index (χ1n) is 11.8. The number of benzene rings is 4. The number of nitrogens with zero attached hydrogens (tertiary/aromatic N) is 2. The van der Waals surface area contributed by atoms with Crippen molar-refractivity contribution >= 4 is 0 Å². The highest BCUT2D eigenvalue weighted by atomic mass is 16.5. The summed E-state index contributed by atoms with van der Waals surface area (Å²) in [5.41, 5.74) is 6.11. The number of aliphatic hydroxyl groups is 1. The van der Waals surface area contributed by atoms with Crippen LogP contribution in [0, 0.1) is 0 Å². The minimum absolute atomic E-state index is 0.196. The fourth-order valence-electron chi connectivity index (χ4n) is 4.35. The van der Waals surface area contributed by atoms with Gasteiger partial charge in [0, 0.05) is 11.1 Å². The number of aromatic nitrogens is 2. The molecule has 4 heteroatoms. The SMILES string of the molecule is O[C@H](COC(c1ccccc1)c1ccccc1)Cn1cnc(-c2ccccc2)c1-c1ccccc1. The van der Waals surface area contributed by atoms with Gasteiger partial charge in [-0.15, -0.1) is 0 Å². The molecule has 5 aromatic rings. The monoisotopic (exact) mass is 460 g/mol. The molecule has 4 aromatic carbocycles. The van der Waals surface area contributed by atoms with E-state index in [2.05, 4.69) is 48.5 Å². The number of imidazole rings is 1. The van der Waals surface area contributed by atoms with Crippen LogP contribution in [0.5, 0.6) is 0 Å². The van der Waals surface area contributed by atoms with Crippen LogP contribution in [0.3, 0.4) is 0 Å². The zero-order chi connectivity index (χ0) is 23.9. The maximum atomic E-state index is 11.0. The summed E-state index contributed by atoms with van der Waals surface area (Å²) >= 11 is 0. The molecule has 1 atom stereocenters. The first-order chi connectivity index (χ1) is 17.3. The van der Waals surface area contributed by atoms with E-state index in [1.165, 1.54) is 0 Å². The predicted molar refractivity (Wildman–Crippen MR) is 140 cm³/mol. The molecule has 35 heavy (non-hydrogen) atoms. The fraction of sp³-hybridized carbons (Fsp3) is 0.129. The number of hydrogen-bond donors (Lipinski definition) is 1. The average molecular weight is 461 g/mol. The first-order valence-corrected chi connectivity index (χ1v) is 11.8. The van der Waals surface area contributed by atoms with E-state index < -0.39 is 6.10 Å². The largest absolute Gasteiger partial charge is 0.389 e. The van der Waals surface area contributed by atoms with Crippen LogP contribution in [0.25, 0.3) is 22.5 Å². The topological polar surface area (TPSA) is 47.3 Å². The Hall–Kier alpha value is -3.99. The van der Waals surface area contributed by atoms with E-state index in [0.717, 1.165) is 33.6 Å². The summed E-state index contributed by atoms with van der Waals surface area (Å²) in [6.07, 6.45) is 0.855. The van der Waals surface area contributed by atoms with E-state index in [1.54, 1.807) is 6.33 Å². The molecule has 0 aliphatic carbocycles. The molecular formula is C31H28N2O2. The van der Waals surface area contributed by atoms with Gasteiger partial charge in [0.15, 0.2) is 0 Å². The molecule has 1 heterocycles. The molecule has 0 spiro atoms. The maximum Gasteiger partial charge on any atom is 0.108 e. The van der Waals surface area contributed by atoms with Gasteiger partial charge in [-0.1, -0.05) is 121 Å². The van der Waals surface area contributed by atoms with Crippen LogP contribution in [-0.4, -0.2) is 27.4 Å². The lowest BCUT2D eigenvalue weighted by atomic mass is 10.0. The summed E-state index contributed by atoms with van der Waals surface area (Å²) < 4.78 is 8.32. The predicted octanol–water partition coefficient (Wildman–Crippen LogP) is 6.38. The van der Waals surface area contributed by atoms with E-state index in [4.69, 9.17) is 9.72 Å². The molecule has 0 aliphatic heterocycles. The lowest BCUT2D eigenvalue weighted by molar-refractivity contribution is -0.000407. The Balaban J connectivity index is 1.38. The van der Waals surface area contributed by atoms with Gasteiger partial charge in [-0.3, -0.25) is 0 Å². The van der Waals surface area contributed by atoms with Gasteiger partial charge >= 0.3 is 0 Å². The Bertz CT molecular complexity index is 1280. The highest BCUT2D eigenvalue weighted by Crippen LogP contribution is 2.31. The summed E-state index contributed by atoms with van der Waals surface area (Å²) in [6, 6.07) is 40.6. The van der Waals surface area contributed by atoms with Crippen molar-refractivity contribution in [3.8, 4) is 22.5 Å². The molecule has 0 amide bonds. The van der Waals surface area contributed by atoms with Crippen molar-refractivity contribution < 1.29 is 9.84 Å². The standard InChI is InChI=1S/C31H28N2O2/c34-28(22-35-31(26-17-9-3-10-18-26)27-19-11-4-12-20-27)21-33-23-32-29(24-13-5-1-6-14-24)30(33)25-15-7-2-8-16-25/h1-20,23,28,31,34H,21-22H2/t28-/m0/s1. The van der Waals surface area contributed by atoms with Gasteiger partial charge in [0.1, 0.15) is 6.10 Å². The minimum atomic E-state index is -0.704. The van der Waals surface area contributed by atoms with Crippen LogP contribution in [0.2, 0.25) is 0 Å². The maximum absolute atomic E-state index is 11.0. The van der Waals surface area contributed by atoms with Gasteiger partial charge in [0.25, 0.3) is 0 Å². The van der Waals surface area contributed by atoms with Crippen molar-refractivity contribution in [1.29, 1.82) is 0 Å². The number of aliphatic hydroxyl groups excluding tert-OH is 1. The molecule has 0 bridgehead atoms. The van der Waals surface area contributed by atoms with Gasteiger partial charge in [-0.05, 0) is 11.1 Å². The van der Waals surface area contributed by atoms with E-state index >= 15 is 0 Å². The quantitative estimate of drug-likeness (QED) is 0.277. The first kappa shape index (κ1) is 22.8. The molecule has 4 nitrogen and oxygen atoms in total. The molecule has 5 rings (SSSR count). The second-order valence-corrected chi connectivity index (χ2v) is 8.51. The lowest BCUT2D eigenvalue weighted by Gasteiger charge is -2.22. The molecular weight excluding hydrogens is 432 g/mol. The van der Waals surface area contributed by atoms with Gasteiger partial charge in [-0.25, -0.2) is 4.98 Å². The van der Waals surface area contributed by atoms with Crippen molar-refractivity contribution in [2.45, 2.75) is 18.8 Å². The summed E-state index contributed by atoms with van der Waals surface area (Å²) in [6.45, 7) is 0.571. The Morgan fingerprint density at radius 2 is 1.14 bits per heavy atom. The van der Waals surface area contributed by atoms with Crippen molar-refractivity contribution in [3.05, 3.63) is 139 Å². The van der Waals surface area contributed by atoms with E-state index in [-0.39, 0.29) is 12.7 Å². The Kier molecular flexibility index (Phi) is 7.13. The summed E-state index contributed by atoms with van der Waals surface area (Å²) in [5, 5.41) is 11.0. The van der Waals surface area contributed by atoms with Gasteiger partial charge in [-0.2, -0.15) is 0 Å². The normalized spacial score (nSPS) is 12.1. The van der Waals surface area contributed by atoms with Crippen molar-refractivity contribution in [2.24, 2.45) is 0 Å². The van der Waals surface area contributed by atoms with Gasteiger partial charge in [0.2, 0.25) is 0 Å². The Labute approximate surface area is 206 Å². The number of hydrogen-bond acceptors (Lipinski definition) is 3. The van der Waals surface area contributed by atoms with E-state index in [9.17, 15) is 5.11 Å². The minimum Gasteiger partial charge on any atom is -0.389 e. The summed E-state index contributed by atoms with van der Waals surface area (Å²) in [7, 11) is 0. The van der Waals surface area contributed by atoms with E-state index in [0.29, 0.717) is 6.54 Å². The Morgan fingerprint density at radius 3 is 1.69 bits per heavy atom. The van der Waals surface area contributed by atoms with Crippen LogP contribution in [0.15, 0.2) is 128 Å². The third-order valence-electron chi connectivity index (χ3n) is 6.00. The van der Waals surface area contributed by atoms with Crippen LogP contribution in [0.1, 0.15) is 17.2 Å². The smallest absolute Gasteiger partial charge is 0.108 e. The zero-order valence-electron chi connectivity index (χ0n) is 19.4. The molecule has 1 N–H and O–H groups in total. The van der Waals surface area contributed by atoms with Crippen LogP contribution < -0.4 is 0 Å². The third kappa shape index (κ3) is 5.40. The Morgan fingerprint density at radius 1 is 0.657 bits per heavy atom. The second-order valence-electron chi connectivity index (χ2n) is 8.51. The summed E-state index contributed by atoms with van der Waals surface area (Å²) in [5.74, 6) is 0. The number of rotatable bonds is 9. The van der Waals surface area contributed by atoms with Crippen LogP contribution in [-0.2, 0) is 11.3 Å². The average Bonchev–Trinajstić information content (AvgIpc) is 3.34. The lowest BCUT2D eigenvalue weighted by Crippen LogP contribution is -2.23.